The van der Waals surface area contributed by atoms with Crippen LogP contribution in [0.1, 0.15) is 11.6 Å². The van der Waals surface area contributed by atoms with Gasteiger partial charge in [0.15, 0.2) is 0 Å². The summed E-state index contributed by atoms with van der Waals surface area (Å²) < 4.78 is 12.0. The molecule has 0 aliphatic rings. The molecule has 2 amide bonds. The predicted octanol–water partition coefficient (Wildman–Crippen LogP) is 2.98. The summed E-state index contributed by atoms with van der Waals surface area (Å²) in [6.07, 6.45) is 0. The molecule has 0 saturated carbocycles. The van der Waals surface area contributed by atoms with E-state index in [0.717, 1.165) is 5.52 Å². The lowest BCUT2D eigenvalue weighted by atomic mass is 10.0. The third-order valence-electron chi connectivity index (χ3n) is 5.53. The molecule has 1 heterocycles. The molecule has 9 nitrogen and oxygen atoms in total. The minimum atomic E-state index is -0.928. The second-order valence-corrected chi connectivity index (χ2v) is 7.80. The molecular formula is C26H27N5O4. The zero-order valence-corrected chi connectivity index (χ0v) is 19.6. The van der Waals surface area contributed by atoms with Gasteiger partial charge in [0.05, 0.1) is 19.2 Å². The van der Waals surface area contributed by atoms with E-state index < -0.39 is 6.04 Å². The van der Waals surface area contributed by atoms with Gasteiger partial charge in [0, 0.05) is 25.4 Å². The Kier molecular flexibility index (Phi) is 7.69. The van der Waals surface area contributed by atoms with Gasteiger partial charge in [0.2, 0.25) is 11.8 Å². The molecule has 0 radical (unpaired) electrons. The van der Waals surface area contributed by atoms with Crippen molar-refractivity contribution >= 4 is 28.5 Å². The average Bonchev–Trinajstić information content (AvgIpc) is 3.30. The molecule has 3 aromatic carbocycles. The molecule has 0 spiro atoms. The van der Waals surface area contributed by atoms with Crippen molar-refractivity contribution in [1.29, 1.82) is 0 Å². The standard InChI is InChI=1S/C26H27N5O4/c1-34-16-15-27-26(33)25(19-9-4-3-5-10-19)31(20-11-8-12-21(17-20)35-2)24(32)18-30-23-14-7-6-13-22(23)28-29-30/h3-14,17,25H,15-16,18H2,1-2H3,(H,27,33)/t25-/m0/s1. The van der Waals surface area contributed by atoms with Crippen LogP contribution in [0, 0.1) is 0 Å². The number of para-hydroxylation sites is 1. The van der Waals surface area contributed by atoms with E-state index in [4.69, 9.17) is 9.47 Å². The van der Waals surface area contributed by atoms with E-state index in [1.165, 1.54) is 9.58 Å². The molecule has 4 aromatic rings. The van der Waals surface area contributed by atoms with Crippen molar-refractivity contribution in [1.82, 2.24) is 20.3 Å². The monoisotopic (exact) mass is 473 g/mol. The van der Waals surface area contributed by atoms with Crippen LogP contribution in [-0.4, -0.2) is 54.2 Å². The average molecular weight is 474 g/mol. The number of hydrogen-bond acceptors (Lipinski definition) is 6. The lowest BCUT2D eigenvalue weighted by molar-refractivity contribution is -0.127. The number of nitrogens with one attached hydrogen (secondary N) is 1. The summed E-state index contributed by atoms with van der Waals surface area (Å²) in [6.45, 7) is 0.560. The lowest BCUT2D eigenvalue weighted by Gasteiger charge is -2.31. The second-order valence-electron chi connectivity index (χ2n) is 7.80. The Morgan fingerprint density at radius 2 is 1.77 bits per heavy atom. The van der Waals surface area contributed by atoms with Gasteiger partial charge in [-0.1, -0.05) is 53.7 Å². The van der Waals surface area contributed by atoms with Crippen LogP contribution >= 0.6 is 0 Å². The highest BCUT2D eigenvalue weighted by Gasteiger charge is 2.33. The van der Waals surface area contributed by atoms with Crippen LogP contribution in [0.5, 0.6) is 5.75 Å². The molecule has 180 valence electrons. The fourth-order valence-electron chi connectivity index (χ4n) is 3.86. The zero-order valence-electron chi connectivity index (χ0n) is 19.6. The van der Waals surface area contributed by atoms with Gasteiger partial charge >= 0.3 is 0 Å². The summed E-state index contributed by atoms with van der Waals surface area (Å²) in [7, 11) is 3.12. The van der Waals surface area contributed by atoms with Crippen LogP contribution in [0.25, 0.3) is 11.0 Å². The van der Waals surface area contributed by atoms with Crippen LogP contribution in [0.15, 0.2) is 78.9 Å². The maximum Gasteiger partial charge on any atom is 0.249 e. The van der Waals surface area contributed by atoms with E-state index in [0.29, 0.717) is 35.7 Å². The summed E-state index contributed by atoms with van der Waals surface area (Å²) in [5, 5.41) is 11.2. The molecule has 1 aromatic heterocycles. The predicted molar refractivity (Wildman–Crippen MR) is 132 cm³/mol. The first-order chi connectivity index (χ1) is 17.1. The number of carbonyl (C=O) groups is 2. The Hall–Kier alpha value is -4.24. The van der Waals surface area contributed by atoms with Gasteiger partial charge in [-0.3, -0.25) is 14.5 Å². The highest BCUT2D eigenvalue weighted by Crippen LogP contribution is 2.31. The van der Waals surface area contributed by atoms with Crippen molar-refractivity contribution in [3.8, 4) is 5.75 Å². The maximum atomic E-state index is 13.9. The third kappa shape index (κ3) is 5.47. The number of benzene rings is 3. The molecule has 0 aliphatic heterocycles. The van der Waals surface area contributed by atoms with Gasteiger partial charge in [-0.25, -0.2) is 4.68 Å². The SMILES string of the molecule is COCCNC(=O)[C@H](c1ccccc1)N(C(=O)Cn1nnc2ccccc21)c1cccc(OC)c1. The molecule has 1 atom stereocenters. The topological polar surface area (TPSA) is 98.6 Å². The van der Waals surface area contributed by atoms with E-state index in [-0.39, 0.29) is 18.4 Å². The molecule has 9 heteroatoms. The van der Waals surface area contributed by atoms with Crippen molar-refractivity contribution in [2.24, 2.45) is 0 Å². The number of methoxy groups -OCH3 is 2. The summed E-state index contributed by atoms with van der Waals surface area (Å²) in [5.41, 5.74) is 2.61. The molecule has 0 bridgehead atoms. The molecule has 4 rings (SSSR count). The minimum Gasteiger partial charge on any atom is -0.497 e. The number of hydrogen-bond donors (Lipinski definition) is 1. The molecule has 1 N–H and O–H groups in total. The number of amides is 2. The van der Waals surface area contributed by atoms with E-state index in [9.17, 15) is 9.59 Å². The van der Waals surface area contributed by atoms with Crippen LogP contribution in [-0.2, 0) is 20.9 Å². The van der Waals surface area contributed by atoms with Crippen molar-refractivity contribution in [3.63, 3.8) is 0 Å². The Bertz CT molecular complexity index is 1290. The Morgan fingerprint density at radius 3 is 2.54 bits per heavy atom. The first kappa shape index (κ1) is 23.9. The second kappa shape index (κ2) is 11.3. The van der Waals surface area contributed by atoms with Gasteiger partial charge < -0.3 is 14.8 Å². The van der Waals surface area contributed by atoms with Crippen LogP contribution in [0.4, 0.5) is 5.69 Å². The van der Waals surface area contributed by atoms with E-state index in [1.54, 1.807) is 38.5 Å². The molecule has 0 aliphatic carbocycles. The fourth-order valence-corrected chi connectivity index (χ4v) is 3.86. The quantitative estimate of drug-likeness (QED) is 0.356. The Morgan fingerprint density at radius 1 is 1.00 bits per heavy atom. The van der Waals surface area contributed by atoms with E-state index in [2.05, 4.69) is 15.6 Å². The Labute approximate surface area is 203 Å². The van der Waals surface area contributed by atoms with Gasteiger partial charge in [-0.2, -0.15) is 0 Å². The van der Waals surface area contributed by atoms with Crippen molar-refractivity contribution in [2.45, 2.75) is 12.6 Å². The molecular weight excluding hydrogens is 446 g/mol. The van der Waals surface area contributed by atoms with Gasteiger partial charge in [-0.15, -0.1) is 5.10 Å². The third-order valence-corrected chi connectivity index (χ3v) is 5.53. The van der Waals surface area contributed by atoms with Crippen LogP contribution in [0.2, 0.25) is 0 Å². The van der Waals surface area contributed by atoms with Crippen molar-refractivity contribution < 1.29 is 19.1 Å². The first-order valence-electron chi connectivity index (χ1n) is 11.2. The lowest BCUT2D eigenvalue weighted by Crippen LogP contribution is -2.46. The number of nitrogens with zero attached hydrogens (tertiary/aromatic N) is 4. The summed E-state index contributed by atoms with van der Waals surface area (Å²) >= 11 is 0. The number of fused-ring (bicyclic) bond motifs is 1. The fraction of sp³-hybridized carbons (Fsp3) is 0.231. The van der Waals surface area contributed by atoms with Gasteiger partial charge in [0.1, 0.15) is 23.9 Å². The summed E-state index contributed by atoms with van der Waals surface area (Å²) in [5.74, 6) is -0.0874. The zero-order chi connectivity index (χ0) is 24.6. The Balaban J connectivity index is 1.77. The normalized spacial score (nSPS) is 11.7. The maximum absolute atomic E-state index is 13.9. The van der Waals surface area contributed by atoms with Crippen molar-refractivity contribution in [2.75, 3.05) is 32.3 Å². The summed E-state index contributed by atoms with van der Waals surface area (Å²) in [4.78, 5) is 28.9. The largest absolute Gasteiger partial charge is 0.497 e. The summed E-state index contributed by atoms with van der Waals surface area (Å²) in [6, 6.07) is 22.7. The minimum absolute atomic E-state index is 0.105. The highest BCUT2D eigenvalue weighted by atomic mass is 16.5. The number of anilines is 1. The van der Waals surface area contributed by atoms with E-state index >= 15 is 0 Å². The number of ether oxygens (including phenoxy) is 2. The molecule has 35 heavy (non-hydrogen) atoms. The van der Waals surface area contributed by atoms with Gasteiger partial charge in [-0.05, 0) is 29.8 Å². The number of carbonyl (C=O) groups excluding carboxylic acids is 2. The number of rotatable bonds is 10. The molecule has 0 saturated heterocycles. The van der Waals surface area contributed by atoms with Crippen molar-refractivity contribution in [3.05, 3.63) is 84.4 Å². The van der Waals surface area contributed by atoms with Gasteiger partial charge in [0.25, 0.3) is 0 Å². The highest BCUT2D eigenvalue weighted by molar-refractivity contribution is 6.01. The molecule has 0 unspecified atom stereocenters. The molecule has 0 fully saturated rings. The van der Waals surface area contributed by atoms with Crippen LogP contribution < -0.4 is 15.0 Å². The first-order valence-corrected chi connectivity index (χ1v) is 11.2. The number of aromatic nitrogens is 3. The van der Waals surface area contributed by atoms with Crippen LogP contribution in [0.3, 0.4) is 0 Å². The van der Waals surface area contributed by atoms with E-state index in [1.807, 2.05) is 54.6 Å². The smallest absolute Gasteiger partial charge is 0.249 e.